The van der Waals surface area contributed by atoms with E-state index < -0.39 is 6.10 Å². The Bertz CT molecular complexity index is 1190. The number of carbonyl (C=O) groups is 3. The van der Waals surface area contributed by atoms with Crippen molar-refractivity contribution in [3.05, 3.63) is 24.3 Å². The van der Waals surface area contributed by atoms with Crippen molar-refractivity contribution in [1.82, 2.24) is 0 Å². The van der Waals surface area contributed by atoms with E-state index in [2.05, 4.69) is 45.1 Å². The number of carbonyl (C=O) groups excluding carboxylic acids is 3. The van der Waals surface area contributed by atoms with Gasteiger partial charge in [-0.25, -0.2) is 0 Å². The first kappa shape index (κ1) is 71.9. The maximum absolute atomic E-state index is 12.9. The molecule has 6 nitrogen and oxygen atoms in total. The van der Waals surface area contributed by atoms with Crippen LogP contribution in [0.4, 0.5) is 0 Å². The van der Waals surface area contributed by atoms with Gasteiger partial charge in [0.25, 0.3) is 0 Å². The Balaban J connectivity index is 4.10. The minimum atomic E-state index is -0.766. The van der Waals surface area contributed by atoms with Crippen LogP contribution in [0.25, 0.3) is 0 Å². The van der Waals surface area contributed by atoms with Crippen LogP contribution in [0.5, 0.6) is 0 Å². The second-order valence-corrected chi connectivity index (χ2v) is 22.7. The molecule has 436 valence electrons. The Kier molecular flexibility index (Phi) is 61.6. The highest BCUT2D eigenvalue weighted by molar-refractivity contribution is 5.71. The smallest absolute Gasteiger partial charge is 0.306 e. The van der Waals surface area contributed by atoms with Gasteiger partial charge in [-0.3, -0.25) is 14.4 Å². The first-order valence-electron chi connectivity index (χ1n) is 33.3. The van der Waals surface area contributed by atoms with E-state index in [-0.39, 0.29) is 31.1 Å². The van der Waals surface area contributed by atoms with Crippen LogP contribution in [0.15, 0.2) is 24.3 Å². The number of ether oxygens (including phenoxy) is 3. The summed E-state index contributed by atoms with van der Waals surface area (Å²) in [5, 5.41) is 0. The third-order valence-corrected chi connectivity index (χ3v) is 15.2. The van der Waals surface area contributed by atoms with E-state index in [9.17, 15) is 14.4 Å². The molecule has 0 fully saturated rings. The highest BCUT2D eigenvalue weighted by atomic mass is 16.6. The summed E-state index contributed by atoms with van der Waals surface area (Å²) in [7, 11) is 0. The summed E-state index contributed by atoms with van der Waals surface area (Å²) < 4.78 is 16.9. The lowest BCUT2D eigenvalue weighted by molar-refractivity contribution is -0.167. The summed E-state index contributed by atoms with van der Waals surface area (Å²) >= 11 is 0. The molecule has 0 N–H and O–H groups in total. The normalized spacial score (nSPS) is 12.1. The van der Waals surface area contributed by atoms with Gasteiger partial charge in [0.2, 0.25) is 0 Å². The van der Waals surface area contributed by atoms with Gasteiger partial charge in [0.15, 0.2) is 6.10 Å². The van der Waals surface area contributed by atoms with Crippen molar-refractivity contribution in [3.8, 4) is 0 Å². The zero-order valence-electron chi connectivity index (χ0n) is 50.1. The number of rotatable bonds is 62. The van der Waals surface area contributed by atoms with Crippen LogP contribution in [-0.2, 0) is 28.6 Å². The number of hydrogen-bond acceptors (Lipinski definition) is 6. The monoisotopic (exact) mass is 1040 g/mol. The fraction of sp³-hybridized carbons (Fsp3) is 0.897. The zero-order chi connectivity index (χ0) is 53.6. The molecular weight excluding hydrogens is 913 g/mol. The average Bonchev–Trinajstić information content (AvgIpc) is 3.40. The molecule has 0 bridgehead atoms. The van der Waals surface area contributed by atoms with Crippen LogP contribution in [0, 0.1) is 0 Å². The molecule has 0 spiro atoms. The fourth-order valence-corrected chi connectivity index (χ4v) is 10.2. The Labute approximate surface area is 462 Å². The molecule has 0 aliphatic rings. The second kappa shape index (κ2) is 63.4. The summed E-state index contributed by atoms with van der Waals surface area (Å²) in [4.78, 5) is 38.2. The lowest BCUT2D eigenvalue weighted by atomic mass is 10.0. The van der Waals surface area contributed by atoms with E-state index in [1.807, 2.05) is 0 Å². The highest BCUT2D eigenvalue weighted by Crippen LogP contribution is 2.18. The van der Waals surface area contributed by atoms with Gasteiger partial charge in [-0.15, -0.1) is 0 Å². The highest BCUT2D eigenvalue weighted by Gasteiger charge is 2.19. The van der Waals surface area contributed by atoms with Crippen molar-refractivity contribution in [2.24, 2.45) is 0 Å². The van der Waals surface area contributed by atoms with Crippen LogP contribution < -0.4 is 0 Å². The molecule has 0 rings (SSSR count). The van der Waals surface area contributed by atoms with Crippen molar-refractivity contribution in [1.29, 1.82) is 0 Å². The summed E-state index contributed by atoms with van der Waals surface area (Å²) in [6, 6.07) is 0. The molecule has 0 heterocycles. The van der Waals surface area contributed by atoms with Crippen molar-refractivity contribution < 1.29 is 28.6 Å². The largest absolute Gasteiger partial charge is 0.462 e. The van der Waals surface area contributed by atoms with Gasteiger partial charge in [-0.05, 0) is 51.4 Å². The topological polar surface area (TPSA) is 78.9 Å². The van der Waals surface area contributed by atoms with Crippen LogP contribution in [0.2, 0.25) is 0 Å². The first-order chi connectivity index (χ1) is 36.5. The third kappa shape index (κ3) is 60.8. The van der Waals surface area contributed by atoms with E-state index in [0.29, 0.717) is 19.3 Å². The molecule has 0 amide bonds. The molecule has 0 aromatic rings. The van der Waals surface area contributed by atoms with Gasteiger partial charge in [0.05, 0.1) is 0 Å². The van der Waals surface area contributed by atoms with Crippen LogP contribution in [-0.4, -0.2) is 37.2 Å². The minimum Gasteiger partial charge on any atom is -0.462 e. The standard InChI is InChI=1S/C68H128O6/c1-4-7-10-13-16-19-21-23-25-27-29-31-33-34-36-37-39-41-43-45-47-49-52-55-58-61-67(70)73-64-65(63-72-66(69)60-57-54-51-18-15-12-9-6-3)74-68(71)62-59-56-53-50-48-46-44-42-40-38-35-32-30-28-26-24-22-20-17-14-11-8-5-2/h21,23,27,29,65H,4-20,22,24-26,28,30-64H2,1-3H3/b23-21-,29-27-. The molecule has 1 unspecified atom stereocenters. The SMILES string of the molecule is CCCCCCC/C=C\C/C=C\CCCCCCCCCCCCCCCC(=O)OCC(COC(=O)CCCCCCCCCC)OC(=O)CCCCCCCCCCCCCCCCCCCCCCCCC. The van der Waals surface area contributed by atoms with Gasteiger partial charge in [0, 0.05) is 19.3 Å². The van der Waals surface area contributed by atoms with E-state index in [1.165, 1.54) is 270 Å². The van der Waals surface area contributed by atoms with E-state index >= 15 is 0 Å². The molecule has 0 aromatic heterocycles. The summed E-state index contributed by atoms with van der Waals surface area (Å²) in [5.41, 5.74) is 0. The van der Waals surface area contributed by atoms with Crippen molar-refractivity contribution >= 4 is 17.9 Å². The number of esters is 3. The maximum atomic E-state index is 12.9. The van der Waals surface area contributed by atoms with Gasteiger partial charge in [-0.2, -0.15) is 0 Å². The summed E-state index contributed by atoms with van der Waals surface area (Å²) in [6.45, 7) is 6.67. The van der Waals surface area contributed by atoms with E-state index in [1.54, 1.807) is 0 Å². The van der Waals surface area contributed by atoms with Crippen molar-refractivity contribution in [2.75, 3.05) is 13.2 Å². The number of unbranched alkanes of at least 4 members (excludes halogenated alkanes) is 47. The van der Waals surface area contributed by atoms with Crippen LogP contribution in [0.3, 0.4) is 0 Å². The van der Waals surface area contributed by atoms with Gasteiger partial charge >= 0.3 is 17.9 Å². The molecule has 6 heteroatoms. The van der Waals surface area contributed by atoms with Gasteiger partial charge < -0.3 is 14.2 Å². The third-order valence-electron chi connectivity index (χ3n) is 15.2. The lowest BCUT2D eigenvalue weighted by Gasteiger charge is -2.18. The van der Waals surface area contributed by atoms with Crippen LogP contribution in [0.1, 0.15) is 374 Å². The molecule has 74 heavy (non-hydrogen) atoms. The number of hydrogen-bond donors (Lipinski definition) is 0. The Morgan fingerprint density at radius 3 is 0.743 bits per heavy atom. The Morgan fingerprint density at radius 2 is 0.486 bits per heavy atom. The quantitative estimate of drug-likeness (QED) is 0.0261. The molecule has 0 aliphatic carbocycles. The maximum Gasteiger partial charge on any atom is 0.306 e. The first-order valence-corrected chi connectivity index (χ1v) is 33.3. The van der Waals surface area contributed by atoms with Crippen molar-refractivity contribution in [3.63, 3.8) is 0 Å². The van der Waals surface area contributed by atoms with Gasteiger partial charge in [0.1, 0.15) is 13.2 Å². The Hall–Kier alpha value is -2.11. The minimum absolute atomic E-state index is 0.0656. The average molecular weight is 1040 g/mol. The zero-order valence-corrected chi connectivity index (χ0v) is 50.1. The molecule has 0 saturated carbocycles. The second-order valence-electron chi connectivity index (χ2n) is 22.7. The summed E-state index contributed by atoms with van der Waals surface area (Å²) in [6.07, 6.45) is 76.4. The predicted octanol–water partition coefficient (Wildman–Crippen LogP) is 22.6. The number of allylic oxidation sites excluding steroid dienone is 4. The molecule has 0 aliphatic heterocycles. The van der Waals surface area contributed by atoms with Crippen LogP contribution >= 0.6 is 0 Å². The van der Waals surface area contributed by atoms with Crippen molar-refractivity contribution in [2.45, 2.75) is 380 Å². The fourth-order valence-electron chi connectivity index (χ4n) is 10.2. The van der Waals surface area contributed by atoms with E-state index in [4.69, 9.17) is 14.2 Å². The molecule has 0 radical (unpaired) electrons. The molecule has 1 atom stereocenters. The Morgan fingerprint density at radius 1 is 0.270 bits per heavy atom. The summed E-state index contributed by atoms with van der Waals surface area (Å²) in [5.74, 6) is -0.843. The molecule has 0 saturated heterocycles. The molecular formula is C68H128O6. The van der Waals surface area contributed by atoms with E-state index in [0.717, 1.165) is 64.2 Å². The lowest BCUT2D eigenvalue weighted by Crippen LogP contribution is -2.30. The predicted molar refractivity (Wildman–Crippen MR) is 321 cm³/mol. The van der Waals surface area contributed by atoms with Gasteiger partial charge in [-0.1, -0.05) is 328 Å². The molecule has 0 aromatic carbocycles.